The first-order valence-corrected chi connectivity index (χ1v) is 39.0. The van der Waals surface area contributed by atoms with Crippen LogP contribution in [0.1, 0.15) is 0 Å². The van der Waals surface area contributed by atoms with Crippen molar-refractivity contribution >= 4 is 226 Å². The summed E-state index contributed by atoms with van der Waals surface area (Å²) in [5.41, 5.74) is 25.6. The van der Waals surface area contributed by atoms with E-state index in [4.69, 9.17) is 4.74 Å². The molecule has 498 valence electrons. The smallest absolute Gasteiger partial charge is 0.256 e. The van der Waals surface area contributed by atoms with E-state index in [1.165, 1.54) is 82.4 Å². The van der Waals surface area contributed by atoms with Gasteiger partial charge in [-0.3, -0.25) is 0 Å². The first-order chi connectivity index (χ1) is 53.1. The second kappa shape index (κ2) is 23.8. The molecule has 6 nitrogen and oxygen atoms in total. The van der Waals surface area contributed by atoms with Gasteiger partial charge in [0.2, 0.25) is 0 Å². The van der Waals surface area contributed by atoms with Crippen molar-refractivity contribution in [2.75, 3.05) is 24.5 Å². The number of hydrogen-bond acceptors (Lipinski definition) is 9. The maximum absolute atomic E-state index is 8.05. The fourth-order valence-electron chi connectivity index (χ4n) is 18.1. The first-order valence-electron chi connectivity index (χ1n) is 36.5. The van der Waals surface area contributed by atoms with Crippen LogP contribution in [0, 0.1) is 0 Å². The summed E-state index contributed by atoms with van der Waals surface area (Å²) in [6.07, 6.45) is 0. The Bertz CT molecular complexity index is 6880. The number of para-hydroxylation sites is 6. The zero-order valence-electron chi connectivity index (χ0n) is 57.6. The molecule has 0 N–H and O–H groups in total. The molecule has 107 heavy (non-hydrogen) atoms. The van der Waals surface area contributed by atoms with Crippen molar-refractivity contribution in [3.8, 4) is 22.6 Å². The lowest BCUT2D eigenvalue weighted by Crippen LogP contribution is -2.64. The molecule has 23 rings (SSSR count). The van der Waals surface area contributed by atoms with Gasteiger partial charge in [0.15, 0.2) is 0 Å². The number of rotatable bonds is 10. The van der Waals surface area contributed by atoms with Crippen molar-refractivity contribution in [1.29, 1.82) is 0 Å². The second-order valence-electron chi connectivity index (χ2n) is 28.1. The lowest BCUT2D eigenvalue weighted by atomic mass is 9.30. The monoisotopic (exact) mass is 1420 g/mol. The summed E-state index contributed by atoms with van der Waals surface area (Å²) < 4.78 is 15.5. The van der Waals surface area contributed by atoms with Crippen LogP contribution in [0.15, 0.2) is 358 Å². The summed E-state index contributed by atoms with van der Waals surface area (Å²) in [6, 6.07) is 133. The quantitative estimate of drug-likeness (QED) is 0.127. The number of benzene rings is 16. The van der Waals surface area contributed by atoms with Gasteiger partial charge in [-0.25, -0.2) is 0 Å². The number of nitrogens with zero attached hydrogens (tertiary/aromatic N) is 5. The van der Waals surface area contributed by atoms with E-state index in [1.807, 2.05) is 34.0 Å². The van der Waals surface area contributed by atoms with Gasteiger partial charge in [-0.15, -0.1) is 34.0 Å². The van der Waals surface area contributed by atoms with Gasteiger partial charge in [-0.05, 0) is 160 Å². The van der Waals surface area contributed by atoms with Gasteiger partial charge >= 0.3 is 0 Å². The summed E-state index contributed by atoms with van der Waals surface area (Å²) in [7, 11) is 0. The van der Waals surface area contributed by atoms with Gasteiger partial charge in [0.05, 0.1) is 38.8 Å². The largest absolute Gasteiger partial charge is 0.458 e. The third-order valence-electron chi connectivity index (χ3n) is 22.4. The van der Waals surface area contributed by atoms with Crippen LogP contribution >= 0.6 is 34.0 Å². The number of ether oxygens (including phenoxy) is 1. The average Bonchev–Trinajstić information content (AvgIpc) is 0.750. The molecule has 0 atom stereocenters. The molecule has 0 radical (unpaired) electrons. The third kappa shape index (κ3) is 9.12. The van der Waals surface area contributed by atoms with E-state index in [0.717, 1.165) is 119 Å². The van der Waals surface area contributed by atoms with Gasteiger partial charge in [-0.2, -0.15) is 0 Å². The fraction of sp³-hybridized carbons (Fsp3) is 0. The molecule has 0 spiro atoms. The minimum absolute atomic E-state index is 0.237. The van der Waals surface area contributed by atoms with Crippen LogP contribution in [-0.2, 0) is 0 Å². The Kier molecular flexibility index (Phi) is 13.5. The standard InChI is InChI=1S/C96H59B2N5OS3/c1-5-28-60(29-6-1)66-36-13-19-43-75(66)102-81-59-85-74(98-71-41-17-20-44-76(71)101(63-34-11-4-12-35-63)84-56-65(57-86(104-85)95(84)98)100(62-32-9-3-10-33-62)80-48-25-40-68-67-37-14-22-49-87(67)107-96(68)80)58-73(81)97-72-42-18-21-45-77(72)103(79-47-27-53-91-93(79)70-39-16-24-51-89(70)106-91)83-55-64(54-82(102)94(83)97)99(61-30-7-2-8-31-61)78-46-26-52-90-92(78)69-38-15-23-50-88(69)105-90/h1-59H. The van der Waals surface area contributed by atoms with Crippen molar-refractivity contribution in [2.45, 2.75) is 0 Å². The second-order valence-corrected chi connectivity index (χ2v) is 31.3. The Morgan fingerprint density at radius 2 is 0.729 bits per heavy atom. The predicted octanol–water partition coefficient (Wildman–Crippen LogP) is 23.9. The molecule has 0 saturated heterocycles. The Labute approximate surface area is 631 Å². The molecule has 0 aliphatic carbocycles. The van der Waals surface area contributed by atoms with Crippen LogP contribution in [0.5, 0.6) is 11.5 Å². The summed E-state index contributed by atoms with van der Waals surface area (Å²) in [4.78, 5) is 12.7. The lowest BCUT2D eigenvalue weighted by molar-refractivity contribution is 0.488. The van der Waals surface area contributed by atoms with Gasteiger partial charge in [0.25, 0.3) is 13.4 Å². The minimum Gasteiger partial charge on any atom is -0.458 e. The van der Waals surface area contributed by atoms with Gasteiger partial charge in [0.1, 0.15) is 11.5 Å². The number of fused-ring (bicyclic) bond motifs is 17. The average molecular weight is 1420 g/mol. The zero-order valence-corrected chi connectivity index (χ0v) is 60.0. The highest BCUT2D eigenvalue weighted by atomic mass is 32.1. The zero-order chi connectivity index (χ0) is 70.0. The molecule has 4 aliphatic rings. The molecular formula is C96H59B2N5OS3. The molecule has 0 unspecified atom stereocenters. The molecule has 4 aliphatic heterocycles. The summed E-state index contributed by atoms with van der Waals surface area (Å²) in [5.74, 6) is 1.63. The molecule has 0 saturated carbocycles. The summed E-state index contributed by atoms with van der Waals surface area (Å²) >= 11 is 5.58. The maximum atomic E-state index is 8.05. The van der Waals surface area contributed by atoms with Crippen molar-refractivity contribution in [1.82, 2.24) is 0 Å². The van der Waals surface area contributed by atoms with Gasteiger partial charge < -0.3 is 29.2 Å². The van der Waals surface area contributed by atoms with E-state index in [9.17, 15) is 0 Å². The van der Waals surface area contributed by atoms with E-state index < -0.39 is 0 Å². The highest BCUT2D eigenvalue weighted by Crippen LogP contribution is 2.56. The lowest BCUT2D eigenvalue weighted by Gasteiger charge is -2.46. The molecule has 7 heterocycles. The molecule has 0 amide bonds. The number of thiophene rings is 3. The van der Waals surface area contributed by atoms with E-state index in [-0.39, 0.29) is 13.4 Å². The summed E-state index contributed by atoms with van der Waals surface area (Å²) in [5, 5.41) is 7.45. The van der Waals surface area contributed by atoms with E-state index in [1.54, 1.807) is 0 Å². The van der Waals surface area contributed by atoms with E-state index in [2.05, 4.69) is 382 Å². The molecule has 11 heteroatoms. The predicted molar refractivity (Wildman–Crippen MR) is 460 cm³/mol. The van der Waals surface area contributed by atoms with Crippen LogP contribution < -0.4 is 62.0 Å². The Hall–Kier alpha value is -12.9. The molecule has 3 aromatic heterocycles. The minimum atomic E-state index is -0.256. The molecule has 0 fully saturated rings. The van der Waals surface area contributed by atoms with Crippen LogP contribution in [-0.4, -0.2) is 13.4 Å². The number of hydrogen-bond donors (Lipinski definition) is 0. The fourth-order valence-corrected chi connectivity index (χ4v) is 21.5. The third-order valence-corrected chi connectivity index (χ3v) is 25.9. The highest BCUT2D eigenvalue weighted by Gasteiger charge is 2.49. The Morgan fingerprint density at radius 1 is 0.262 bits per heavy atom. The molecular weight excluding hydrogens is 1360 g/mol. The normalized spacial score (nSPS) is 13.0. The van der Waals surface area contributed by atoms with Crippen LogP contribution in [0.25, 0.3) is 71.6 Å². The maximum Gasteiger partial charge on any atom is 0.256 e. The number of anilines is 15. The Morgan fingerprint density at radius 3 is 1.42 bits per heavy atom. The molecule has 19 aromatic rings. The van der Waals surface area contributed by atoms with Crippen molar-refractivity contribution in [3.63, 3.8) is 0 Å². The topological polar surface area (TPSA) is 25.4 Å². The van der Waals surface area contributed by atoms with Crippen LogP contribution in [0.3, 0.4) is 0 Å². The highest BCUT2D eigenvalue weighted by molar-refractivity contribution is 7.27. The van der Waals surface area contributed by atoms with Crippen LogP contribution in [0.2, 0.25) is 0 Å². The molecule has 0 bridgehead atoms. The summed E-state index contributed by atoms with van der Waals surface area (Å²) in [6.45, 7) is -0.493. The Balaban J connectivity index is 0.829. The van der Waals surface area contributed by atoms with Crippen LogP contribution in [0.4, 0.5) is 85.3 Å². The van der Waals surface area contributed by atoms with E-state index in [0.29, 0.717) is 0 Å². The van der Waals surface area contributed by atoms with Crippen molar-refractivity contribution in [3.05, 3.63) is 358 Å². The molecule has 16 aromatic carbocycles. The van der Waals surface area contributed by atoms with Gasteiger partial charge in [0, 0.05) is 125 Å². The van der Waals surface area contributed by atoms with Crippen molar-refractivity contribution < 1.29 is 4.74 Å². The first kappa shape index (κ1) is 60.5. The van der Waals surface area contributed by atoms with Crippen molar-refractivity contribution in [2.24, 2.45) is 0 Å². The van der Waals surface area contributed by atoms with E-state index >= 15 is 0 Å². The SMILES string of the molecule is c1ccc(-c2ccccc2N2c3cc4c(cc3B3c5ccccc5N(c5cccc6sc7ccccc7c56)c5cc(N(c6ccccc6)c6cccc7sc8ccccc8c67)cc2c53)B2c3ccccc3N(c3ccccc3)c3cc(N(c5ccccc5)c5cccc6c5sc5ccccc56)cc(c32)O4)cc1. The van der Waals surface area contributed by atoms with Gasteiger partial charge in [-0.1, -0.05) is 224 Å².